The van der Waals surface area contributed by atoms with Gasteiger partial charge in [-0.05, 0) is 64.5 Å². The van der Waals surface area contributed by atoms with Gasteiger partial charge in [-0.1, -0.05) is 60.1 Å². The number of nitrogens with zero attached hydrogens (tertiary/aromatic N) is 1. The molecule has 4 atom stereocenters. The van der Waals surface area contributed by atoms with E-state index in [4.69, 9.17) is 11.6 Å². The average molecular weight is 537 g/mol. The fourth-order valence-corrected chi connectivity index (χ4v) is 7.35. The summed E-state index contributed by atoms with van der Waals surface area (Å²) in [5.74, 6) is -1.66. The molecular formula is C31H21ClN2O3S. The second kappa shape index (κ2) is 8.51. The number of rotatable bonds is 4. The molecule has 1 fully saturated rings. The van der Waals surface area contributed by atoms with Crippen LogP contribution in [0.3, 0.4) is 0 Å². The molecule has 1 amide bonds. The zero-order chi connectivity index (χ0) is 26.0. The summed E-state index contributed by atoms with van der Waals surface area (Å²) in [6, 6.07) is 24.2. The van der Waals surface area contributed by atoms with Gasteiger partial charge in [-0.3, -0.25) is 14.4 Å². The molecule has 3 aliphatic heterocycles. The van der Waals surface area contributed by atoms with Gasteiger partial charge in [0.1, 0.15) is 11.5 Å². The van der Waals surface area contributed by atoms with Crippen molar-refractivity contribution in [2.45, 2.75) is 17.5 Å². The molecule has 1 aromatic heterocycles. The van der Waals surface area contributed by atoms with E-state index < -0.39 is 23.4 Å². The van der Waals surface area contributed by atoms with Gasteiger partial charge in [-0.2, -0.15) is 0 Å². The summed E-state index contributed by atoms with van der Waals surface area (Å²) in [6.45, 7) is 0. The fraction of sp³-hybridized carbons (Fsp3) is 0.129. The maximum atomic E-state index is 14.5. The Morgan fingerprint density at radius 3 is 2.45 bits per heavy atom. The Hall–Kier alpha value is -4.00. The summed E-state index contributed by atoms with van der Waals surface area (Å²) < 4.78 is 0. The van der Waals surface area contributed by atoms with E-state index in [9.17, 15) is 14.4 Å². The average Bonchev–Trinajstić information content (AvgIpc) is 3.65. The van der Waals surface area contributed by atoms with Crippen molar-refractivity contribution in [3.05, 3.63) is 129 Å². The molecule has 1 N–H and O–H groups in total. The summed E-state index contributed by atoms with van der Waals surface area (Å²) in [6.07, 6.45) is 3.83. The zero-order valence-corrected chi connectivity index (χ0v) is 21.6. The highest BCUT2D eigenvalue weighted by atomic mass is 35.5. The first-order valence-corrected chi connectivity index (χ1v) is 13.6. The van der Waals surface area contributed by atoms with Crippen LogP contribution in [0, 0.1) is 5.92 Å². The van der Waals surface area contributed by atoms with Crippen LogP contribution < -0.4 is 5.32 Å². The fourth-order valence-electron chi connectivity index (χ4n) is 6.52. The Labute approximate surface area is 228 Å². The monoisotopic (exact) mass is 536 g/mol. The highest BCUT2D eigenvalue weighted by molar-refractivity contribution is 7.12. The van der Waals surface area contributed by atoms with Crippen LogP contribution in [0.5, 0.6) is 0 Å². The van der Waals surface area contributed by atoms with Gasteiger partial charge in [0.05, 0.1) is 16.8 Å². The molecule has 0 bridgehead atoms. The molecule has 5 nitrogen and oxygen atoms in total. The Morgan fingerprint density at radius 1 is 0.895 bits per heavy atom. The van der Waals surface area contributed by atoms with Crippen molar-refractivity contribution in [2.75, 3.05) is 5.32 Å². The predicted octanol–water partition coefficient (Wildman–Crippen LogP) is 6.38. The topological polar surface area (TPSA) is 66.5 Å². The number of carbonyl (C=O) groups excluding carboxylic acids is 3. The number of halogens is 1. The van der Waals surface area contributed by atoms with Crippen molar-refractivity contribution in [1.29, 1.82) is 0 Å². The summed E-state index contributed by atoms with van der Waals surface area (Å²) >= 11 is 7.45. The van der Waals surface area contributed by atoms with Gasteiger partial charge in [0.2, 0.25) is 5.91 Å². The predicted molar refractivity (Wildman–Crippen MR) is 149 cm³/mol. The Morgan fingerprint density at radius 2 is 1.66 bits per heavy atom. The van der Waals surface area contributed by atoms with E-state index in [0.29, 0.717) is 21.2 Å². The first-order chi connectivity index (χ1) is 18.5. The molecule has 0 saturated carbocycles. The molecule has 7 heteroatoms. The Kier molecular flexibility index (Phi) is 5.18. The SMILES string of the molecule is O=C(c1ccc(Cl)cc1)[C@@H]1[C@@H](C(=O)c2cccs2)[C@@]2(C(=O)Nc3ccccc32)[C@H]2c3ccccc3C=CN12. The van der Waals surface area contributed by atoms with Gasteiger partial charge in [0.25, 0.3) is 0 Å². The van der Waals surface area contributed by atoms with E-state index in [1.165, 1.54) is 11.3 Å². The van der Waals surface area contributed by atoms with E-state index in [2.05, 4.69) is 5.32 Å². The maximum absolute atomic E-state index is 14.5. The van der Waals surface area contributed by atoms with Gasteiger partial charge in [-0.15, -0.1) is 11.3 Å². The molecule has 186 valence electrons. The third-order valence-corrected chi connectivity index (χ3v) is 9.15. The smallest absolute Gasteiger partial charge is 0.238 e. The number of ketones is 2. The van der Waals surface area contributed by atoms with Crippen molar-refractivity contribution in [3.63, 3.8) is 0 Å². The van der Waals surface area contributed by atoms with E-state index in [0.717, 1.165) is 16.7 Å². The first-order valence-electron chi connectivity index (χ1n) is 12.3. The normalized spacial score (nSPS) is 24.6. The molecule has 1 spiro atoms. The molecule has 3 aliphatic rings. The van der Waals surface area contributed by atoms with E-state index >= 15 is 0 Å². The van der Waals surface area contributed by atoms with Gasteiger partial charge in [-0.25, -0.2) is 0 Å². The largest absolute Gasteiger partial charge is 0.358 e. The lowest BCUT2D eigenvalue weighted by atomic mass is 9.63. The van der Waals surface area contributed by atoms with E-state index in [1.54, 1.807) is 30.3 Å². The number of carbonyl (C=O) groups is 3. The Balaban J connectivity index is 1.54. The number of nitrogens with one attached hydrogen (secondary N) is 1. The van der Waals surface area contributed by atoms with Crippen LogP contribution in [0.1, 0.15) is 42.8 Å². The van der Waals surface area contributed by atoms with Crippen molar-refractivity contribution in [3.8, 4) is 0 Å². The molecule has 7 rings (SSSR count). The third-order valence-electron chi connectivity index (χ3n) is 8.01. The molecular weight excluding hydrogens is 516 g/mol. The van der Waals surface area contributed by atoms with Gasteiger partial charge < -0.3 is 10.2 Å². The van der Waals surface area contributed by atoms with Crippen LogP contribution in [-0.4, -0.2) is 28.4 Å². The lowest BCUT2D eigenvalue weighted by molar-refractivity contribution is -0.122. The highest BCUT2D eigenvalue weighted by Gasteiger charge is 2.70. The summed E-state index contributed by atoms with van der Waals surface area (Å²) in [5.41, 5.74) is 2.42. The summed E-state index contributed by atoms with van der Waals surface area (Å²) in [4.78, 5) is 45.6. The summed E-state index contributed by atoms with van der Waals surface area (Å²) in [7, 11) is 0. The standard InChI is InChI=1S/C31H21ClN2O3S/c32-20-13-11-19(12-14-20)27(35)26-25(28(36)24-10-5-17-38-24)31(22-8-3-4-9-23(22)33-30(31)37)29-21-7-2-1-6-18(21)15-16-34(26)29/h1-17,25-26,29H,(H,33,37)/t25-,26-,29+,31+/m0/s1. The lowest BCUT2D eigenvalue weighted by Gasteiger charge is -2.38. The van der Waals surface area contributed by atoms with Crippen LogP contribution in [0.2, 0.25) is 5.02 Å². The molecule has 3 aromatic carbocycles. The second-order valence-corrected chi connectivity index (χ2v) is 11.2. The molecule has 0 aliphatic carbocycles. The number of amides is 1. The number of thiophene rings is 1. The quantitative estimate of drug-likeness (QED) is 0.307. The number of anilines is 1. The lowest BCUT2D eigenvalue weighted by Crippen LogP contribution is -2.49. The Bertz CT molecular complexity index is 1650. The van der Waals surface area contributed by atoms with Crippen LogP contribution in [0.15, 0.2) is 96.5 Å². The van der Waals surface area contributed by atoms with Crippen LogP contribution >= 0.6 is 22.9 Å². The van der Waals surface area contributed by atoms with Crippen molar-refractivity contribution in [2.24, 2.45) is 5.92 Å². The number of benzene rings is 3. The molecule has 0 unspecified atom stereocenters. The minimum absolute atomic E-state index is 0.209. The van der Waals surface area contributed by atoms with Gasteiger partial charge in [0.15, 0.2) is 11.6 Å². The second-order valence-electron chi connectivity index (χ2n) is 9.80. The number of fused-ring (bicyclic) bond motifs is 6. The maximum Gasteiger partial charge on any atom is 0.238 e. The van der Waals surface area contributed by atoms with Gasteiger partial charge >= 0.3 is 0 Å². The zero-order valence-electron chi connectivity index (χ0n) is 20.0. The minimum atomic E-state index is -1.31. The van der Waals surface area contributed by atoms with Crippen molar-refractivity contribution < 1.29 is 14.4 Å². The number of hydrogen-bond donors (Lipinski definition) is 1. The van der Waals surface area contributed by atoms with Crippen molar-refractivity contribution in [1.82, 2.24) is 4.90 Å². The van der Waals surface area contributed by atoms with Crippen LogP contribution in [-0.2, 0) is 10.2 Å². The number of para-hydroxylation sites is 1. The number of Topliss-reactive ketones (excluding diaryl/α,β-unsaturated/α-hetero) is 2. The summed E-state index contributed by atoms with van der Waals surface area (Å²) in [5, 5.41) is 5.42. The van der Waals surface area contributed by atoms with Crippen LogP contribution in [0.25, 0.3) is 6.08 Å². The van der Waals surface area contributed by atoms with E-state index in [-0.39, 0.29) is 17.5 Å². The minimum Gasteiger partial charge on any atom is -0.358 e. The molecule has 1 saturated heterocycles. The van der Waals surface area contributed by atoms with Gasteiger partial charge in [0, 0.05) is 22.5 Å². The first kappa shape index (κ1) is 23.1. The number of hydrogen-bond acceptors (Lipinski definition) is 5. The molecule has 4 heterocycles. The highest BCUT2D eigenvalue weighted by Crippen LogP contribution is 2.62. The van der Waals surface area contributed by atoms with E-state index in [1.807, 2.05) is 77.2 Å². The third kappa shape index (κ3) is 3.08. The van der Waals surface area contributed by atoms with Crippen molar-refractivity contribution >= 4 is 52.2 Å². The molecule has 0 radical (unpaired) electrons. The molecule has 38 heavy (non-hydrogen) atoms. The molecule has 4 aromatic rings. The van der Waals surface area contributed by atoms with Crippen LogP contribution in [0.4, 0.5) is 5.69 Å².